The SMILES string of the molecule is O=C1NCCCC=C1Br. The van der Waals surface area contributed by atoms with E-state index in [0.29, 0.717) is 4.48 Å². The van der Waals surface area contributed by atoms with Crippen LogP contribution in [0.5, 0.6) is 0 Å². The van der Waals surface area contributed by atoms with Crippen LogP contribution >= 0.6 is 15.9 Å². The molecule has 9 heavy (non-hydrogen) atoms. The molecule has 0 aromatic rings. The molecule has 0 bridgehead atoms. The molecule has 3 heteroatoms. The largest absolute Gasteiger partial charge is 0.352 e. The van der Waals surface area contributed by atoms with E-state index < -0.39 is 0 Å². The van der Waals surface area contributed by atoms with Crippen molar-refractivity contribution in [2.24, 2.45) is 0 Å². The van der Waals surface area contributed by atoms with Gasteiger partial charge in [-0.15, -0.1) is 0 Å². The number of carbonyl (C=O) groups excluding carboxylic acids is 1. The third-order valence-corrected chi connectivity index (χ3v) is 1.89. The maximum atomic E-state index is 10.8. The van der Waals surface area contributed by atoms with Crippen LogP contribution in [0.15, 0.2) is 10.6 Å². The molecule has 1 amide bonds. The van der Waals surface area contributed by atoms with E-state index in [0.717, 1.165) is 19.4 Å². The van der Waals surface area contributed by atoms with Crippen molar-refractivity contribution in [3.63, 3.8) is 0 Å². The molecule has 1 aliphatic rings. The third-order valence-electron chi connectivity index (χ3n) is 1.21. The van der Waals surface area contributed by atoms with Crippen molar-refractivity contribution in [1.82, 2.24) is 5.32 Å². The smallest absolute Gasteiger partial charge is 0.257 e. The van der Waals surface area contributed by atoms with Gasteiger partial charge in [-0.05, 0) is 28.8 Å². The summed E-state index contributed by atoms with van der Waals surface area (Å²) in [6, 6.07) is 0. The number of halogens is 1. The first kappa shape index (κ1) is 6.81. The maximum Gasteiger partial charge on any atom is 0.257 e. The lowest BCUT2D eigenvalue weighted by molar-refractivity contribution is -0.116. The van der Waals surface area contributed by atoms with Crippen LogP contribution in [0.25, 0.3) is 0 Å². The second-order valence-electron chi connectivity index (χ2n) is 1.95. The Bertz CT molecular complexity index is 153. The summed E-state index contributed by atoms with van der Waals surface area (Å²) in [5.41, 5.74) is 0. The first-order valence-electron chi connectivity index (χ1n) is 2.94. The van der Waals surface area contributed by atoms with Crippen molar-refractivity contribution < 1.29 is 4.79 Å². The molecule has 0 saturated heterocycles. The van der Waals surface area contributed by atoms with Crippen molar-refractivity contribution in [3.05, 3.63) is 10.6 Å². The van der Waals surface area contributed by atoms with Crippen molar-refractivity contribution in [2.45, 2.75) is 12.8 Å². The molecule has 0 aliphatic carbocycles. The van der Waals surface area contributed by atoms with E-state index in [1.54, 1.807) is 0 Å². The summed E-state index contributed by atoms with van der Waals surface area (Å²) in [4.78, 5) is 10.8. The Labute approximate surface area is 62.4 Å². The van der Waals surface area contributed by atoms with Crippen LogP contribution in [-0.2, 0) is 4.79 Å². The van der Waals surface area contributed by atoms with E-state index in [4.69, 9.17) is 0 Å². The van der Waals surface area contributed by atoms with Gasteiger partial charge in [0.25, 0.3) is 5.91 Å². The number of hydrogen-bond acceptors (Lipinski definition) is 1. The zero-order chi connectivity index (χ0) is 6.69. The minimum absolute atomic E-state index is 0.00694. The second-order valence-corrected chi connectivity index (χ2v) is 2.80. The number of hydrogen-bond donors (Lipinski definition) is 1. The summed E-state index contributed by atoms with van der Waals surface area (Å²) < 4.78 is 0.667. The molecule has 50 valence electrons. The summed E-state index contributed by atoms with van der Waals surface area (Å²) in [6.45, 7) is 0.796. The molecule has 0 spiro atoms. The first-order valence-corrected chi connectivity index (χ1v) is 3.74. The van der Waals surface area contributed by atoms with Crippen LogP contribution in [0.4, 0.5) is 0 Å². The predicted octanol–water partition coefficient (Wildman–Crippen LogP) is 1.18. The van der Waals surface area contributed by atoms with Crippen LogP contribution in [-0.4, -0.2) is 12.5 Å². The summed E-state index contributed by atoms with van der Waals surface area (Å²) in [6.07, 6.45) is 3.93. The second kappa shape index (κ2) is 3.01. The molecule has 2 nitrogen and oxygen atoms in total. The molecule has 1 rings (SSSR count). The highest BCUT2D eigenvalue weighted by Gasteiger charge is 2.06. The number of nitrogens with one attached hydrogen (secondary N) is 1. The van der Waals surface area contributed by atoms with Gasteiger partial charge in [-0.1, -0.05) is 6.08 Å². The van der Waals surface area contributed by atoms with Crippen molar-refractivity contribution in [1.29, 1.82) is 0 Å². The average molecular weight is 190 g/mol. The van der Waals surface area contributed by atoms with Gasteiger partial charge in [0, 0.05) is 6.54 Å². The van der Waals surface area contributed by atoms with Crippen molar-refractivity contribution in [3.8, 4) is 0 Å². The highest BCUT2D eigenvalue weighted by atomic mass is 79.9. The fourth-order valence-corrected chi connectivity index (χ4v) is 1.08. The summed E-state index contributed by atoms with van der Waals surface area (Å²) >= 11 is 3.15. The van der Waals surface area contributed by atoms with Crippen LogP contribution < -0.4 is 5.32 Å². The standard InChI is InChI=1S/C6H8BrNO/c7-5-3-1-2-4-8-6(5)9/h3H,1-2,4H2,(H,8,9). The monoisotopic (exact) mass is 189 g/mol. The normalized spacial score (nSPS) is 20.1. The lowest BCUT2D eigenvalue weighted by atomic mass is 10.3. The summed E-state index contributed by atoms with van der Waals surface area (Å²) in [7, 11) is 0. The van der Waals surface area contributed by atoms with Crippen LogP contribution in [0.2, 0.25) is 0 Å². The number of amides is 1. The molecule has 0 saturated carbocycles. The molecule has 1 N–H and O–H groups in total. The Morgan fingerprint density at radius 1 is 1.67 bits per heavy atom. The molecule has 0 radical (unpaired) electrons. The number of carbonyl (C=O) groups is 1. The van der Waals surface area contributed by atoms with E-state index >= 15 is 0 Å². The third kappa shape index (κ3) is 1.82. The number of rotatable bonds is 0. The van der Waals surface area contributed by atoms with Crippen LogP contribution in [0, 0.1) is 0 Å². The zero-order valence-electron chi connectivity index (χ0n) is 4.98. The Morgan fingerprint density at radius 2 is 2.44 bits per heavy atom. The lowest BCUT2D eigenvalue weighted by Crippen LogP contribution is -2.22. The quantitative estimate of drug-likeness (QED) is 0.610. The minimum Gasteiger partial charge on any atom is -0.352 e. The van der Waals surface area contributed by atoms with Gasteiger partial charge in [-0.3, -0.25) is 4.79 Å². The average Bonchev–Trinajstić information content (AvgIpc) is 1.99. The van der Waals surface area contributed by atoms with Gasteiger partial charge in [0.2, 0.25) is 0 Å². The molecule has 0 atom stereocenters. The number of allylic oxidation sites excluding steroid dienone is 1. The van der Waals surface area contributed by atoms with Gasteiger partial charge in [-0.25, -0.2) is 0 Å². The molecule has 1 heterocycles. The molecule has 0 fully saturated rings. The minimum atomic E-state index is 0.00694. The van der Waals surface area contributed by atoms with E-state index in [1.165, 1.54) is 0 Å². The van der Waals surface area contributed by atoms with Crippen LogP contribution in [0.1, 0.15) is 12.8 Å². The molecular weight excluding hydrogens is 182 g/mol. The Balaban J connectivity index is 2.61. The van der Waals surface area contributed by atoms with E-state index in [1.807, 2.05) is 6.08 Å². The van der Waals surface area contributed by atoms with E-state index in [2.05, 4.69) is 21.2 Å². The van der Waals surface area contributed by atoms with Crippen molar-refractivity contribution >= 4 is 21.8 Å². The van der Waals surface area contributed by atoms with Gasteiger partial charge in [0.05, 0.1) is 4.48 Å². The Morgan fingerprint density at radius 3 is 3.22 bits per heavy atom. The van der Waals surface area contributed by atoms with E-state index in [9.17, 15) is 4.79 Å². The van der Waals surface area contributed by atoms with Gasteiger partial charge >= 0.3 is 0 Å². The zero-order valence-corrected chi connectivity index (χ0v) is 6.57. The fraction of sp³-hybridized carbons (Fsp3) is 0.500. The van der Waals surface area contributed by atoms with Gasteiger partial charge < -0.3 is 5.32 Å². The van der Waals surface area contributed by atoms with Gasteiger partial charge in [0.15, 0.2) is 0 Å². The van der Waals surface area contributed by atoms with E-state index in [-0.39, 0.29) is 5.91 Å². The molecular formula is C6H8BrNO. The molecule has 0 aromatic heterocycles. The molecule has 0 unspecified atom stereocenters. The highest BCUT2D eigenvalue weighted by molar-refractivity contribution is 9.12. The highest BCUT2D eigenvalue weighted by Crippen LogP contribution is 2.09. The Hall–Kier alpha value is -0.310. The topological polar surface area (TPSA) is 29.1 Å². The predicted molar refractivity (Wildman–Crippen MR) is 39.3 cm³/mol. The van der Waals surface area contributed by atoms with Gasteiger partial charge in [0.1, 0.15) is 0 Å². The van der Waals surface area contributed by atoms with Crippen molar-refractivity contribution in [2.75, 3.05) is 6.54 Å². The fourth-order valence-electron chi connectivity index (χ4n) is 0.710. The Kier molecular flexibility index (Phi) is 2.28. The molecule has 0 aromatic carbocycles. The lowest BCUT2D eigenvalue weighted by Gasteiger charge is -1.95. The summed E-state index contributed by atoms with van der Waals surface area (Å²) in [5.74, 6) is 0.00694. The summed E-state index contributed by atoms with van der Waals surface area (Å²) in [5, 5.41) is 2.74. The first-order chi connectivity index (χ1) is 4.30. The molecule has 1 aliphatic heterocycles. The maximum absolute atomic E-state index is 10.8. The van der Waals surface area contributed by atoms with Crippen LogP contribution in [0.3, 0.4) is 0 Å². The van der Waals surface area contributed by atoms with Gasteiger partial charge in [-0.2, -0.15) is 0 Å².